The van der Waals surface area contributed by atoms with Crippen molar-refractivity contribution < 1.29 is 9.53 Å². The van der Waals surface area contributed by atoms with Crippen molar-refractivity contribution in [2.75, 3.05) is 7.11 Å². The number of carbonyl (C=O) groups is 1. The lowest BCUT2D eigenvalue weighted by Crippen LogP contribution is -2.21. The maximum Gasteiger partial charge on any atom is 0.220 e. The Kier molecular flexibility index (Phi) is 5.38. The molecular weight excluding hydrogens is 262 g/mol. The number of hydrogen-bond donors (Lipinski definition) is 1. The molecule has 1 N–H and O–H groups in total. The second kappa shape index (κ2) is 7.48. The summed E-state index contributed by atoms with van der Waals surface area (Å²) < 4.78 is 5.26. The largest absolute Gasteiger partial charge is 0.497 e. The van der Waals surface area contributed by atoms with E-state index in [4.69, 9.17) is 4.74 Å². The van der Waals surface area contributed by atoms with Gasteiger partial charge in [0.2, 0.25) is 5.91 Å². The maximum atomic E-state index is 11.5. The molecule has 2 aromatic carbocycles. The Morgan fingerprint density at radius 1 is 1.10 bits per heavy atom. The van der Waals surface area contributed by atoms with Crippen molar-refractivity contribution in [3.63, 3.8) is 0 Å². The normalized spacial score (nSPS) is 10.2. The molecule has 0 fully saturated rings. The van der Waals surface area contributed by atoms with E-state index in [1.807, 2.05) is 37.3 Å². The Labute approximate surface area is 126 Å². The second-order valence-corrected chi connectivity index (χ2v) is 4.96. The van der Waals surface area contributed by atoms with Crippen LogP contribution in [0.5, 0.6) is 5.75 Å². The summed E-state index contributed by atoms with van der Waals surface area (Å²) in [5, 5.41) is 2.94. The van der Waals surface area contributed by atoms with Crippen molar-refractivity contribution in [3.05, 3.63) is 54.1 Å². The summed E-state index contributed by atoms with van der Waals surface area (Å²) in [5.41, 5.74) is 3.33. The summed E-state index contributed by atoms with van der Waals surface area (Å²) in [6.07, 6.45) is 1.45. The SMILES string of the molecule is CCCC(=O)NCc1cccc(-c2cccc(OC)c2)c1. The van der Waals surface area contributed by atoms with Gasteiger partial charge in [0.15, 0.2) is 0 Å². The van der Waals surface area contributed by atoms with E-state index >= 15 is 0 Å². The highest BCUT2D eigenvalue weighted by molar-refractivity contribution is 5.75. The van der Waals surface area contributed by atoms with Crippen molar-refractivity contribution in [3.8, 4) is 16.9 Å². The van der Waals surface area contributed by atoms with Crippen LogP contribution in [0.1, 0.15) is 25.3 Å². The van der Waals surface area contributed by atoms with E-state index in [-0.39, 0.29) is 5.91 Å². The molecule has 3 heteroatoms. The predicted molar refractivity (Wildman–Crippen MR) is 85.2 cm³/mol. The molecule has 21 heavy (non-hydrogen) atoms. The van der Waals surface area contributed by atoms with Crippen LogP contribution in [-0.4, -0.2) is 13.0 Å². The van der Waals surface area contributed by atoms with Crippen LogP contribution < -0.4 is 10.1 Å². The molecule has 0 radical (unpaired) electrons. The van der Waals surface area contributed by atoms with Crippen LogP contribution in [0.4, 0.5) is 0 Å². The molecule has 0 saturated heterocycles. The number of methoxy groups -OCH3 is 1. The second-order valence-electron chi connectivity index (χ2n) is 4.96. The minimum Gasteiger partial charge on any atom is -0.497 e. The third-order valence-electron chi connectivity index (χ3n) is 3.30. The Morgan fingerprint density at radius 3 is 2.52 bits per heavy atom. The van der Waals surface area contributed by atoms with Gasteiger partial charge in [-0.15, -0.1) is 0 Å². The highest BCUT2D eigenvalue weighted by atomic mass is 16.5. The van der Waals surface area contributed by atoms with Gasteiger partial charge in [-0.25, -0.2) is 0 Å². The molecule has 0 spiro atoms. The first-order valence-electron chi connectivity index (χ1n) is 7.23. The molecule has 0 unspecified atom stereocenters. The van der Waals surface area contributed by atoms with E-state index in [2.05, 4.69) is 23.5 Å². The summed E-state index contributed by atoms with van der Waals surface area (Å²) in [6.45, 7) is 2.57. The Balaban J connectivity index is 2.11. The fourth-order valence-electron chi connectivity index (χ4n) is 2.18. The molecule has 2 rings (SSSR count). The van der Waals surface area contributed by atoms with E-state index in [0.29, 0.717) is 13.0 Å². The molecular formula is C18H21NO2. The molecule has 0 saturated carbocycles. The molecule has 0 aromatic heterocycles. The van der Waals surface area contributed by atoms with Crippen molar-refractivity contribution >= 4 is 5.91 Å². The number of rotatable bonds is 6. The van der Waals surface area contributed by atoms with Crippen LogP contribution in [0, 0.1) is 0 Å². The Hall–Kier alpha value is -2.29. The third-order valence-corrected chi connectivity index (χ3v) is 3.30. The number of amides is 1. The summed E-state index contributed by atoms with van der Waals surface area (Å²) >= 11 is 0. The van der Waals surface area contributed by atoms with Gasteiger partial charge in [-0.05, 0) is 41.3 Å². The summed E-state index contributed by atoms with van der Waals surface area (Å²) in [5.74, 6) is 0.943. The average Bonchev–Trinajstić information content (AvgIpc) is 2.53. The van der Waals surface area contributed by atoms with Gasteiger partial charge in [0.05, 0.1) is 7.11 Å². The summed E-state index contributed by atoms with van der Waals surface area (Å²) in [4.78, 5) is 11.5. The minimum atomic E-state index is 0.101. The van der Waals surface area contributed by atoms with Gasteiger partial charge in [0.1, 0.15) is 5.75 Å². The van der Waals surface area contributed by atoms with Crippen molar-refractivity contribution in [1.29, 1.82) is 0 Å². The van der Waals surface area contributed by atoms with E-state index in [0.717, 1.165) is 28.9 Å². The van der Waals surface area contributed by atoms with Crippen LogP contribution in [-0.2, 0) is 11.3 Å². The number of hydrogen-bond acceptors (Lipinski definition) is 2. The zero-order chi connectivity index (χ0) is 15.1. The fraction of sp³-hybridized carbons (Fsp3) is 0.278. The quantitative estimate of drug-likeness (QED) is 0.876. The monoisotopic (exact) mass is 283 g/mol. The fourth-order valence-corrected chi connectivity index (χ4v) is 2.18. The number of nitrogens with one attached hydrogen (secondary N) is 1. The molecule has 3 nitrogen and oxygen atoms in total. The van der Waals surface area contributed by atoms with Crippen LogP contribution in [0.2, 0.25) is 0 Å². The van der Waals surface area contributed by atoms with Crippen LogP contribution in [0.15, 0.2) is 48.5 Å². The molecule has 1 amide bonds. The van der Waals surface area contributed by atoms with Crippen molar-refractivity contribution in [2.24, 2.45) is 0 Å². The lowest BCUT2D eigenvalue weighted by molar-refractivity contribution is -0.121. The van der Waals surface area contributed by atoms with E-state index in [1.54, 1.807) is 7.11 Å². The molecule has 0 aliphatic heterocycles. The molecule has 110 valence electrons. The first-order chi connectivity index (χ1) is 10.2. The Morgan fingerprint density at radius 2 is 1.81 bits per heavy atom. The molecule has 0 aliphatic carbocycles. The average molecular weight is 283 g/mol. The molecule has 0 heterocycles. The highest BCUT2D eigenvalue weighted by Crippen LogP contribution is 2.24. The zero-order valence-corrected chi connectivity index (χ0v) is 12.6. The summed E-state index contributed by atoms with van der Waals surface area (Å²) in [6, 6.07) is 16.2. The van der Waals surface area contributed by atoms with Crippen molar-refractivity contribution in [1.82, 2.24) is 5.32 Å². The minimum absolute atomic E-state index is 0.101. The van der Waals surface area contributed by atoms with Gasteiger partial charge in [-0.1, -0.05) is 37.3 Å². The van der Waals surface area contributed by atoms with E-state index in [1.165, 1.54) is 0 Å². The van der Waals surface area contributed by atoms with Gasteiger partial charge in [0, 0.05) is 13.0 Å². The molecule has 0 bridgehead atoms. The van der Waals surface area contributed by atoms with E-state index < -0.39 is 0 Å². The maximum absolute atomic E-state index is 11.5. The van der Waals surface area contributed by atoms with Crippen LogP contribution in [0.25, 0.3) is 11.1 Å². The van der Waals surface area contributed by atoms with Gasteiger partial charge < -0.3 is 10.1 Å². The number of carbonyl (C=O) groups excluding carboxylic acids is 1. The smallest absolute Gasteiger partial charge is 0.220 e. The number of benzene rings is 2. The lowest BCUT2D eigenvalue weighted by Gasteiger charge is -2.08. The van der Waals surface area contributed by atoms with Gasteiger partial charge >= 0.3 is 0 Å². The standard InChI is InChI=1S/C18H21NO2/c1-3-6-18(20)19-13-14-7-4-8-15(11-14)16-9-5-10-17(12-16)21-2/h4-5,7-12H,3,6,13H2,1-2H3,(H,19,20). The molecule has 2 aromatic rings. The van der Waals surface area contributed by atoms with E-state index in [9.17, 15) is 4.79 Å². The Bertz CT molecular complexity index is 608. The molecule has 0 aliphatic rings. The number of ether oxygens (including phenoxy) is 1. The van der Waals surface area contributed by atoms with Gasteiger partial charge in [0.25, 0.3) is 0 Å². The third kappa shape index (κ3) is 4.35. The summed E-state index contributed by atoms with van der Waals surface area (Å²) in [7, 11) is 1.67. The van der Waals surface area contributed by atoms with Gasteiger partial charge in [-0.2, -0.15) is 0 Å². The first kappa shape index (κ1) is 15.1. The van der Waals surface area contributed by atoms with Gasteiger partial charge in [-0.3, -0.25) is 4.79 Å². The van der Waals surface area contributed by atoms with Crippen LogP contribution >= 0.6 is 0 Å². The lowest BCUT2D eigenvalue weighted by atomic mass is 10.0. The first-order valence-corrected chi connectivity index (χ1v) is 7.23. The van der Waals surface area contributed by atoms with Crippen molar-refractivity contribution in [2.45, 2.75) is 26.3 Å². The molecule has 0 atom stereocenters. The zero-order valence-electron chi connectivity index (χ0n) is 12.6. The predicted octanol–water partition coefficient (Wildman–Crippen LogP) is 3.78. The topological polar surface area (TPSA) is 38.3 Å². The highest BCUT2D eigenvalue weighted by Gasteiger charge is 2.03. The van der Waals surface area contributed by atoms with Crippen LogP contribution in [0.3, 0.4) is 0 Å².